The van der Waals surface area contributed by atoms with Gasteiger partial charge >= 0.3 is 0 Å². The maximum Gasteiger partial charge on any atom is 0.258 e. The molecule has 7 nitrogen and oxygen atoms in total. The molecule has 1 aromatic carbocycles. The molecule has 2 heterocycles. The molecule has 0 saturated heterocycles. The molecule has 26 heavy (non-hydrogen) atoms. The summed E-state index contributed by atoms with van der Waals surface area (Å²) in [5.74, 6) is 0.942. The van der Waals surface area contributed by atoms with Crippen molar-refractivity contribution in [2.24, 2.45) is 0 Å². The maximum absolute atomic E-state index is 12.3. The van der Waals surface area contributed by atoms with Gasteiger partial charge in [0.1, 0.15) is 5.75 Å². The molecule has 0 atom stereocenters. The van der Waals surface area contributed by atoms with Gasteiger partial charge in [-0.15, -0.1) is 0 Å². The van der Waals surface area contributed by atoms with Crippen molar-refractivity contribution in [2.75, 3.05) is 17.2 Å². The van der Waals surface area contributed by atoms with Gasteiger partial charge in [0.2, 0.25) is 5.95 Å². The van der Waals surface area contributed by atoms with Crippen molar-refractivity contribution in [3.8, 4) is 5.75 Å². The van der Waals surface area contributed by atoms with Crippen molar-refractivity contribution in [1.29, 1.82) is 0 Å². The number of ether oxygens (including phenoxy) is 1. The lowest BCUT2D eigenvalue weighted by Gasteiger charge is -2.08. The average Bonchev–Trinajstić information content (AvgIpc) is 2.69. The molecule has 0 saturated carbocycles. The van der Waals surface area contributed by atoms with Crippen LogP contribution in [-0.2, 0) is 6.54 Å². The normalized spacial score (nSPS) is 10.2. The Morgan fingerprint density at radius 2 is 1.85 bits per heavy atom. The van der Waals surface area contributed by atoms with Crippen LogP contribution in [0.5, 0.6) is 5.75 Å². The summed E-state index contributed by atoms with van der Waals surface area (Å²) in [5.41, 5.74) is 2.08. The number of nitrogens with one attached hydrogen (secondary N) is 2. The Kier molecular flexibility index (Phi) is 5.72. The number of amides is 1. The molecule has 0 radical (unpaired) electrons. The van der Waals surface area contributed by atoms with E-state index in [1.165, 1.54) is 12.4 Å². The molecule has 3 aromatic rings. The number of benzene rings is 1. The standard InChI is InChI=1S/C19H19N5O2/c1-2-26-17-7-5-16(6-8-17)24-18(25)15-12-22-19(23-13-15)21-11-14-4-3-9-20-10-14/h3-10,12-13H,2,11H2,1H3,(H,24,25)(H,21,22,23). The van der Waals surface area contributed by atoms with Crippen molar-refractivity contribution in [3.63, 3.8) is 0 Å². The molecule has 0 aliphatic heterocycles. The lowest BCUT2D eigenvalue weighted by atomic mass is 10.2. The smallest absolute Gasteiger partial charge is 0.258 e. The zero-order valence-corrected chi connectivity index (χ0v) is 14.3. The van der Waals surface area contributed by atoms with Gasteiger partial charge in [-0.2, -0.15) is 0 Å². The van der Waals surface area contributed by atoms with Gasteiger partial charge in [0, 0.05) is 37.0 Å². The summed E-state index contributed by atoms with van der Waals surface area (Å²) in [6.45, 7) is 3.08. The molecule has 0 aliphatic carbocycles. The van der Waals surface area contributed by atoms with Gasteiger partial charge in [-0.1, -0.05) is 6.07 Å². The van der Waals surface area contributed by atoms with E-state index in [1.807, 2.05) is 19.1 Å². The summed E-state index contributed by atoms with van der Waals surface area (Å²) in [4.78, 5) is 24.7. The summed E-state index contributed by atoms with van der Waals surface area (Å²) in [6.07, 6.45) is 6.47. The first-order valence-corrected chi connectivity index (χ1v) is 8.23. The van der Waals surface area contributed by atoms with E-state index in [-0.39, 0.29) is 5.91 Å². The van der Waals surface area contributed by atoms with E-state index < -0.39 is 0 Å². The number of rotatable bonds is 7. The fraction of sp³-hybridized carbons (Fsp3) is 0.158. The molecule has 0 bridgehead atoms. The lowest BCUT2D eigenvalue weighted by Crippen LogP contribution is -2.13. The third kappa shape index (κ3) is 4.76. The average molecular weight is 349 g/mol. The summed E-state index contributed by atoms with van der Waals surface area (Å²) in [6, 6.07) is 11.0. The number of nitrogens with zero attached hydrogens (tertiary/aromatic N) is 3. The van der Waals surface area contributed by atoms with Gasteiger partial charge in [-0.3, -0.25) is 9.78 Å². The first-order valence-electron chi connectivity index (χ1n) is 8.23. The Labute approximate surface area is 151 Å². The first kappa shape index (κ1) is 17.3. The van der Waals surface area contributed by atoms with Gasteiger partial charge in [0.25, 0.3) is 5.91 Å². The Morgan fingerprint density at radius 3 is 2.50 bits per heavy atom. The molecule has 2 aromatic heterocycles. The van der Waals surface area contributed by atoms with Gasteiger partial charge < -0.3 is 15.4 Å². The molecule has 1 amide bonds. The minimum absolute atomic E-state index is 0.270. The third-order valence-electron chi connectivity index (χ3n) is 3.51. The molecule has 0 fully saturated rings. The highest BCUT2D eigenvalue weighted by atomic mass is 16.5. The minimum atomic E-state index is -0.270. The number of hydrogen-bond acceptors (Lipinski definition) is 6. The summed E-state index contributed by atoms with van der Waals surface area (Å²) >= 11 is 0. The molecule has 2 N–H and O–H groups in total. The number of carbonyl (C=O) groups excluding carboxylic acids is 1. The van der Waals surface area contributed by atoms with Gasteiger partial charge in [-0.25, -0.2) is 9.97 Å². The van der Waals surface area contributed by atoms with Gasteiger partial charge in [0.05, 0.1) is 12.2 Å². The Bertz CT molecular complexity index is 836. The second-order valence-corrected chi connectivity index (χ2v) is 5.42. The zero-order valence-electron chi connectivity index (χ0n) is 14.3. The SMILES string of the molecule is CCOc1ccc(NC(=O)c2cnc(NCc3cccnc3)nc2)cc1. The Balaban J connectivity index is 1.56. The monoisotopic (exact) mass is 349 g/mol. The quantitative estimate of drug-likeness (QED) is 0.681. The van der Waals surface area contributed by atoms with Crippen LogP contribution in [0.1, 0.15) is 22.8 Å². The minimum Gasteiger partial charge on any atom is -0.494 e. The second kappa shape index (κ2) is 8.57. The summed E-state index contributed by atoms with van der Waals surface area (Å²) < 4.78 is 5.37. The van der Waals surface area contributed by atoms with Crippen LogP contribution in [0.15, 0.2) is 61.2 Å². The molecular weight excluding hydrogens is 330 g/mol. The van der Waals surface area contributed by atoms with E-state index in [4.69, 9.17) is 4.74 Å². The van der Waals surface area contributed by atoms with Crippen LogP contribution < -0.4 is 15.4 Å². The molecule has 0 unspecified atom stereocenters. The van der Waals surface area contributed by atoms with Crippen molar-refractivity contribution in [2.45, 2.75) is 13.5 Å². The summed E-state index contributed by atoms with van der Waals surface area (Å²) in [5, 5.41) is 5.89. The van der Waals surface area contributed by atoms with Crippen molar-refractivity contribution >= 4 is 17.5 Å². The van der Waals surface area contributed by atoms with Crippen molar-refractivity contribution in [3.05, 3.63) is 72.3 Å². The van der Waals surface area contributed by atoms with Crippen molar-refractivity contribution < 1.29 is 9.53 Å². The molecular formula is C19H19N5O2. The highest BCUT2D eigenvalue weighted by Crippen LogP contribution is 2.16. The molecule has 0 spiro atoms. The van der Waals surface area contributed by atoms with E-state index >= 15 is 0 Å². The van der Waals surface area contributed by atoms with Crippen molar-refractivity contribution in [1.82, 2.24) is 15.0 Å². The third-order valence-corrected chi connectivity index (χ3v) is 3.51. The van der Waals surface area contributed by atoms with Crippen LogP contribution in [0.4, 0.5) is 11.6 Å². The van der Waals surface area contributed by atoms with Crippen LogP contribution in [0, 0.1) is 0 Å². The molecule has 132 valence electrons. The largest absolute Gasteiger partial charge is 0.494 e. The van der Waals surface area contributed by atoms with E-state index in [0.29, 0.717) is 30.4 Å². The van der Waals surface area contributed by atoms with E-state index in [1.54, 1.807) is 36.7 Å². The number of carbonyl (C=O) groups is 1. The maximum atomic E-state index is 12.3. The Morgan fingerprint density at radius 1 is 1.08 bits per heavy atom. The van der Waals surface area contributed by atoms with Crippen LogP contribution in [0.25, 0.3) is 0 Å². The van der Waals surface area contributed by atoms with E-state index in [0.717, 1.165) is 11.3 Å². The first-order chi connectivity index (χ1) is 12.7. The zero-order chi connectivity index (χ0) is 18.2. The number of aromatic nitrogens is 3. The van der Waals surface area contributed by atoms with Crippen LogP contribution in [-0.4, -0.2) is 27.5 Å². The van der Waals surface area contributed by atoms with E-state index in [2.05, 4.69) is 25.6 Å². The molecule has 7 heteroatoms. The number of hydrogen-bond donors (Lipinski definition) is 2. The van der Waals surface area contributed by atoms with Crippen LogP contribution >= 0.6 is 0 Å². The number of anilines is 2. The molecule has 0 aliphatic rings. The van der Waals surface area contributed by atoms with E-state index in [9.17, 15) is 4.79 Å². The summed E-state index contributed by atoms with van der Waals surface area (Å²) in [7, 11) is 0. The fourth-order valence-corrected chi connectivity index (χ4v) is 2.22. The predicted octanol–water partition coefficient (Wildman–Crippen LogP) is 3.13. The second-order valence-electron chi connectivity index (χ2n) is 5.42. The molecule has 3 rings (SSSR count). The predicted molar refractivity (Wildman–Crippen MR) is 99.2 cm³/mol. The van der Waals surface area contributed by atoms with Gasteiger partial charge in [-0.05, 0) is 42.8 Å². The van der Waals surface area contributed by atoms with Crippen LogP contribution in [0.3, 0.4) is 0 Å². The lowest BCUT2D eigenvalue weighted by molar-refractivity contribution is 0.102. The van der Waals surface area contributed by atoms with Gasteiger partial charge in [0.15, 0.2) is 0 Å². The topological polar surface area (TPSA) is 89.0 Å². The van der Waals surface area contributed by atoms with Crippen LogP contribution in [0.2, 0.25) is 0 Å². The highest BCUT2D eigenvalue weighted by molar-refractivity contribution is 6.03. The fourth-order valence-electron chi connectivity index (χ4n) is 2.22. The number of pyridine rings is 1. The highest BCUT2D eigenvalue weighted by Gasteiger charge is 2.08. The Hall–Kier alpha value is -3.48.